The standard InChI is InChI=1S/C17H18FN3O3/c18-14-5-3-13(4-6-14)11-20-10-7-15(22)21(17(20)24)12-16(23)19-8-1-2-9-19/h3-7,10H,1-2,8-9,11-12H2. The maximum absolute atomic E-state index is 13.0. The van der Waals surface area contributed by atoms with E-state index in [1.807, 2.05) is 0 Å². The van der Waals surface area contributed by atoms with Crippen LogP contribution in [-0.4, -0.2) is 33.0 Å². The Kier molecular flexibility index (Phi) is 4.59. The predicted molar refractivity (Wildman–Crippen MR) is 86.3 cm³/mol. The smallest absolute Gasteiger partial charge is 0.331 e. The molecule has 0 radical (unpaired) electrons. The SMILES string of the molecule is O=C(Cn1c(=O)ccn(Cc2ccc(F)cc2)c1=O)N1CCCC1. The van der Waals surface area contributed by atoms with Gasteiger partial charge in [-0.2, -0.15) is 0 Å². The first-order chi connectivity index (χ1) is 11.5. The van der Waals surface area contributed by atoms with E-state index in [0.717, 1.165) is 23.0 Å². The van der Waals surface area contributed by atoms with Crippen LogP contribution < -0.4 is 11.2 Å². The second-order valence-electron chi connectivity index (χ2n) is 5.86. The van der Waals surface area contributed by atoms with E-state index in [2.05, 4.69) is 0 Å². The predicted octanol–water partition coefficient (Wildman–Crippen LogP) is 0.820. The third kappa shape index (κ3) is 3.45. The molecule has 3 rings (SSSR count). The molecule has 1 aromatic heterocycles. The summed E-state index contributed by atoms with van der Waals surface area (Å²) in [5, 5.41) is 0. The minimum atomic E-state index is -0.542. The molecule has 0 atom stereocenters. The minimum absolute atomic E-state index is 0.206. The van der Waals surface area contributed by atoms with Crippen molar-refractivity contribution >= 4 is 5.91 Å². The summed E-state index contributed by atoms with van der Waals surface area (Å²) in [5.41, 5.74) is -0.308. The molecule has 1 aliphatic rings. The zero-order valence-electron chi connectivity index (χ0n) is 13.2. The fraction of sp³-hybridized carbons (Fsp3) is 0.353. The number of hydrogen-bond acceptors (Lipinski definition) is 3. The van der Waals surface area contributed by atoms with Crippen LogP contribution in [0.25, 0.3) is 0 Å². The Balaban J connectivity index is 1.84. The molecular formula is C17H18FN3O3. The minimum Gasteiger partial charge on any atom is -0.341 e. The number of amides is 1. The van der Waals surface area contributed by atoms with E-state index in [4.69, 9.17) is 0 Å². The van der Waals surface area contributed by atoms with Gasteiger partial charge in [-0.05, 0) is 30.5 Å². The number of carbonyl (C=O) groups excluding carboxylic acids is 1. The summed E-state index contributed by atoms with van der Waals surface area (Å²) < 4.78 is 15.2. The highest BCUT2D eigenvalue weighted by molar-refractivity contribution is 5.76. The molecule has 2 aromatic rings. The van der Waals surface area contributed by atoms with E-state index in [9.17, 15) is 18.8 Å². The van der Waals surface area contributed by atoms with Gasteiger partial charge in [0.25, 0.3) is 5.56 Å². The van der Waals surface area contributed by atoms with E-state index >= 15 is 0 Å². The molecule has 1 fully saturated rings. The number of nitrogens with zero attached hydrogens (tertiary/aromatic N) is 3. The van der Waals surface area contributed by atoms with Gasteiger partial charge < -0.3 is 4.90 Å². The van der Waals surface area contributed by atoms with Gasteiger partial charge in [-0.1, -0.05) is 12.1 Å². The quantitative estimate of drug-likeness (QED) is 0.833. The Hall–Kier alpha value is -2.70. The summed E-state index contributed by atoms with van der Waals surface area (Å²) in [7, 11) is 0. The second-order valence-corrected chi connectivity index (χ2v) is 5.86. The number of rotatable bonds is 4. The molecule has 1 aliphatic heterocycles. The Morgan fingerprint density at radius 2 is 1.71 bits per heavy atom. The van der Waals surface area contributed by atoms with Crippen LogP contribution in [0.5, 0.6) is 0 Å². The maximum atomic E-state index is 13.0. The topological polar surface area (TPSA) is 64.3 Å². The largest absolute Gasteiger partial charge is 0.341 e. The van der Waals surface area contributed by atoms with Gasteiger partial charge in [0.05, 0.1) is 6.54 Å². The van der Waals surface area contributed by atoms with Gasteiger partial charge in [0.1, 0.15) is 12.4 Å². The van der Waals surface area contributed by atoms with Crippen molar-refractivity contribution in [1.29, 1.82) is 0 Å². The number of halogens is 1. The van der Waals surface area contributed by atoms with Crippen molar-refractivity contribution in [2.24, 2.45) is 0 Å². The van der Waals surface area contributed by atoms with E-state index in [1.54, 1.807) is 17.0 Å². The van der Waals surface area contributed by atoms with Crippen LogP contribution in [-0.2, 0) is 17.9 Å². The van der Waals surface area contributed by atoms with Gasteiger partial charge in [0, 0.05) is 25.4 Å². The molecule has 0 bridgehead atoms. The maximum Gasteiger partial charge on any atom is 0.331 e. The lowest BCUT2D eigenvalue weighted by Gasteiger charge is -2.16. The lowest BCUT2D eigenvalue weighted by molar-refractivity contribution is -0.130. The highest BCUT2D eigenvalue weighted by Gasteiger charge is 2.19. The second kappa shape index (κ2) is 6.82. The molecule has 0 N–H and O–H groups in total. The van der Waals surface area contributed by atoms with Crippen LogP contribution in [0.15, 0.2) is 46.1 Å². The average Bonchev–Trinajstić information content (AvgIpc) is 3.10. The highest BCUT2D eigenvalue weighted by Crippen LogP contribution is 2.07. The first-order valence-corrected chi connectivity index (χ1v) is 7.87. The van der Waals surface area contributed by atoms with Crippen LogP contribution in [0.4, 0.5) is 4.39 Å². The van der Waals surface area contributed by atoms with Crippen molar-refractivity contribution in [3.8, 4) is 0 Å². The van der Waals surface area contributed by atoms with Crippen molar-refractivity contribution in [3.05, 3.63) is 68.7 Å². The van der Waals surface area contributed by atoms with Gasteiger partial charge in [-0.3, -0.25) is 18.7 Å². The van der Waals surface area contributed by atoms with E-state index in [0.29, 0.717) is 13.1 Å². The Morgan fingerprint density at radius 3 is 2.38 bits per heavy atom. The van der Waals surface area contributed by atoms with Crippen LogP contribution >= 0.6 is 0 Å². The van der Waals surface area contributed by atoms with Gasteiger partial charge in [-0.25, -0.2) is 9.18 Å². The van der Waals surface area contributed by atoms with E-state index in [1.165, 1.54) is 29.0 Å². The zero-order chi connectivity index (χ0) is 17.1. The third-order valence-electron chi connectivity index (χ3n) is 4.16. The van der Waals surface area contributed by atoms with Crippen LogP contribution in [0.3, 0.4) is 0 Å². The molecule has 0 aliphatic carbocycles. The molecule has 7 heteroatoms. The molecule has 1 aromatic carbocycles. The lowest BCUT2D eigenvalue weighted by Crippen LogP contribution is -2.43. The Morgan fingerprint density at radius 1 is 1.04 bits per heavy atom. The summed E-state index contributed by atoms with van der Waals surface area (Å²) in [4.78, 5) is 38.3. The monoisotopic (exact) mass is 331 g/mol. The molecule has 126 valence electrons. The Labute approximate surface area is 137 Å². The Bertz CT molecular complexity index is 849. The highest BCUT2D eigenvalue weighted by atomic mass is 19.1. The summed E-state index contributed by atoms with van der Waals surface area (Å²) in [6.45, 7) is 1.30. The molecule has 24 heavy (non-hydrogen) atoms. The first-order valence-electron chi connectivity index (χ1n) is 7.87. The first kappa shape index (κ1) is 16.2. The normalized spacial score (nSPS) is 14.1. The van der Waals surface area contributed by atoms with Crippen LogP contribution in [0.1, 0.15) is 18.4 Å². The molecule has 6 nitrogen and oxygen atoms in total. The van der Waals surface area contributed by atoms with Crippen molar-refractivity contribution in [1.82, 2.24) is 14.0 Å². The fourth-order valence-electron chi connectivity index (χ4n) is 2.81. The summed E-state index contributed by atoms with van der Waals surface area (Å²) >= 11 is 0. The molecular weight excluding hydrogens is 313 g/mol. The number of likely N-dealkylation sites (tertiary alicyclic amines) is 1. The van der Waals surface area contributed by atoms with E-state index in [-0.39, 0.29) is 24.8 Å². The molecule has 0 unspecified atom stereocenters. The lowest BCUT2D eigenvalue weighted by atomic mass is 10.2. The summed E-state index contributed by atoms with van der Waals surface area (Å²) in [5.74, 6) is -0.571. The number of hydrogen-bond donors (Lipinski definition) is 0. The van der Waals surface area contributed by atoms with Gasteiger partial charge in [0.2, 0.25) is 5.91 Å². The summed E-state index contributed by atoms with van der Waals surface area (Å²) in [6, 6.07) is 7.04. The number of carbonyl (C=O) groups is 1. The van der Waals surface area contributed by atoms with E-state index < -0.39 is 11.2 Å². The third-order valence-corrected chi connectivity index (χ3v) is 4.16. The number of aromatic nitrogens is 2. The van der Waals surface area contributed by atoms with Gasteiger partial charge >= 0.3 is 5.69 Å². The fourth-order valence-corrected chi connectivity index (χ4v) is 2.81. The molecule has 0 saturated carbocycles. The van der Waals surface area contributed by atoms with Crippen molar-refractivity contribution < 1.29 is 9.18 Å². The van der Waals surface area contributed by atoms with Crippen molar-refractivity contribution in [3.63, 3.8) is 0 Å². The molecule has 1 saturated heterocycles. The molecule has 1 amide bonds. The van der Waals surface area contributed by atoms with Crippen LogP contribution in [0.2, 0.25) is 0 Å². The average molecular weight is 331 g/mol. The molecule has 2 heterocycles. The van der Waals surface area contributed by atoms with Crippen molar-refractivity contribution in [2.45, 2.75) is 25.9 Å². The number of benzene rings is 1. The van der Waals surface area contributed by atoms with Gasteiger partial charge in [-0.15, -0.1) is 0 Å². The van der Waals surface area contributed by atoms with Crippen LogP contribution in [0, 0.1) is 5.82 Å². The van der Waals surface area contributed by atoms with Gasteiger partial charge in [0.15, 0.2) is 0 Å². The van der Waals surface area contributed by atoms with Crippen molar-refractivity contribution in [2.75, 3.05) is 13.1 Å². The molecule has 0 spiro atoms. The zero-order valence-corrected chi connectivity index (χ0v) is 13.2. The summed E-state index contributed by atoms with van der Waals surface area (Å²) in [6.07, 6.45) is 3.29.